The first-order chi connectivity index (χ1) is 8.54. The maximum absolute atomic E-state index is 5.97. The molecule has 0 fully saturated rings. The first kappa shape index (κ1) is 16.0. The lowest BCUT2D eigenvalue weighted by Crippen LogP contribution is -2.01. The summed E-state index contributed by atoms with van der Waals surface area (Å²) in [4.78, 5) is 19.3. The summed E-state index contributed by atoms with van der Waals surface area (Å²) in [5.74, 6) is 0.0538. The van der Waals surface area contributed by atoms with E-state index in [2.05, 4.69) is 0 Å². The third-order valence-corrected chi connectivity index (χ3v) is 3.34. The molecular weight excluding hydrogens is 326 g/mol. The average Bonchev–Trinajstić information content (AvgIpc) is 2.37. The fraction of sp³-hybridized carbons (Fsp3) is 0.400. The molecule has 0 aromatic heterocycles. The predicted molar refractivity (Wildman–Crippen MR) is 71.0 cm³/mol. The molecule has 0 radical (unpaired) electrons. The molecule has 18 heavy (non-hydrogen) atoms. The maximum Gasteiger partial charge on any atom is 0.205 e. The Kier molecular flexibility index (Phi) is 6.63. The monoisotopic (exact) mass is 334 g/mol. The molecule has 1 aromatic rings. The number of hydrogen-bond donors (Lipinski definition) is 0. The van der Waals surface area contributed by atoms with Gasteiger partial charge in [0.25, 0.3) is 0 Å². The van der Waals surface area contributed by atoms with Crippen molar-refractivity contribution in [2.45, 2.75) is 13.8 Å². The second-order valence-corrected chi connectivity index (χ2v) is 4.41. The standard InChI is InChI=1S/C10H10Cl4O4/c1-3-15-17-9-5(11)7(13)10(18-16-4-2)8(14)6(9)12/h3-4H2,1-2H3. The summed E-state index contributed by atoms with van der Waals surface area (Å²) in [5.41, 5.74) is 0. The smallest absolute Gasteiger partial charge is 0.205 e. The van der Waals surface area contributed by atoms with Crippen molar-refractivity contribution < 1.29 is 19.6 Å². The number of halogens is 4. The van der Waals surface area contributed by atoms with Gasteiger partial charge in [0.1, 0.15) is 20.1 Å². The molecule has 8 heteroatoms. The highest BCUT2D eigenvalue weighted by molar-refractivity contribution is 6.50. The number of hydrogen-bond acceptors (Lipinski definition) is 4. The summed E-state index contributed by atoms with van der Waals surface area (Å²) in [6.45, 7) is 4.08. The molecule has 0 aliphatic carbocycles. The van der Waals surface area contributed by atoms with Crippen LogP contribution in [0.5, 0.6) is 11.5 Å². The van der Waals surface area contributed by atoms with Crippen LogP contribution >= 0.6 is 46.4 Å². The van der Waals surface area contributed by atoms with E-state index >= 15 is 0 Å². The first-order valence-electron chi connectivity index (χ1n) is 4.99. The molecule has 0 saturated carbocycles. The van der Waals surface area contributed by atoms with Crippen LogP contribution in [-0.2, 0) is 9.78 Å². The van der Waals surface area contributed by atoms with Crippen molar-refractivity contribution in [3.8, 4) is 11.5 Å². The van der Waals surface area contributed by atoms with E-state index in [0.29, 0.717) is 13.2 Å². The van der Waals surface area contributed by atoms with Crippen molar-refractivity contribution >= 4 is 46.4 Å². The Morgan fingerprint density at radius 3 is 1.17 bits per heavy atom. The Labute approximate surface area is 124 Å². The van der Waals surface area contributed by atoms with Crippen LogP contribution in [-0.4, -0.2) is 13.2 Å². The molecule has 1 rings (SSSR count). The van der Waals surface area contributed by atoms with Crippen LogP contribution in [0.3, 0.4) is 0 Å². The summed E-state index contributed by atoms with van der Waals surface area (Å²) < 4.78 is 0. The van der Waals surface area contributed by atoms with Crippen LogP contribution < -0.4 is 9.78 Å². The van der Waals surface area contributed by atoms with E-state index in [1.165, 1.54) is 0 Å². The van der Waals surface area contributed by atoms with Gasteiger partial charge in [-0.25, -0.2) is 0 Å². The molecule has 0 N–H and O–H groups in total. The molecule has 0 unspecified atom stereocenters. The van der Waals surface area contributed by atoms with Gasteiger partial charge in [0.2, 0.25) is 11.5 Å². The topological polar surface area (TPSA) is 36.9 Å². The summed E-state index contributed by atoms with van der Waals surface area (Å²) in [5, 5.41) is 0.0897. The van der Waals surface area contributed by atoms with E-state index in [1.54, 1.807) is 13.8 Å². The van der Waals surface area contributed by atoms with Crippen molar-refractivity contribution in [2.75, 3.05) is 13.2 Å². The van der Waals surface area contributed by atoms with Crippen molar-refractivity contribution in [2.24, 2.45) is 0 Å². The lowest BCUT2D eigenvalue weighted by molar-refractivity contribution is -0.204. The van der Waals surface area contributed by atoms with E-state index in [-0.39, 0.29) is 31.6 Å². The van der Waals surface area contributed by atoms with Crippen LogP contribution in [0.25, 0.3) is 0 Å². The van der Waals surface area contributed by atoms with E-state index in [0.717, 1.165) is 0 Å². The van der Waals surface area contributed by atoms with E-state index in [9.17, 15) is 0 Å². The van der Waals surface area contributed by atoms with Gasteiger partial charge >= 0.3 is 0 Å². The molecule has 0 aliphatic rings. The Hall–Kier alpha value is -0.100. The molecule has 1 aromatic carbocycles. The van der Waals surface area contributed by atoms with Crippen LogP contribution in [0.2, 0.25) is 20.1 Å². The molecule has 0 heterocycles. The Bertz CT molecular complexity index is 357. The minimum Gasteiger partial charge on any atom is -0.334 e. The molecule has 0 atom stereocenters. The summed E-state index contributed by atoms with van der Waals surface area (Å²) >= 11 is 23.9. The molecule has 0 aliphatic heterocycles. The molecule has 0 amide bonds. The first-order valence-corrected chi connectivity index (χ1v) is 6.50. The van der Waals surface area contributed by atoms with Gasteiger partial charge in [-0.1, -0.05) is 46.4 Å². The van der Waals surface area contributed by atoms with Gasteiger partial charge in [-0.2, -0.15) is 9.78 Å². The number of benzene rings is 1. The zero-order valence-electron chi connectivity index (χ0n) is 9.56. The highest BCUT2D eigenvalue weighted by atomic mass is 35.5. The molecule has 4 nitrogen and oxygen atoms in total. The lowest BCUT2D eigenvalue weighted by atomic mass is 10.3. The SMILES string of the molecule is CCOOc1c(Cl)c(Cl)c(OOCC)c(Cl)c1Cl. The highest BCUT2D eigenvalue weighted by Crippen LogP contribution is 2.50. The fourth-order valence-electron chi connectivity index (χ4n) is 0.973. The van der Waals surface area contributed by atoms with Crippen LogP contribution in [0, 0.1) is 0 Å². The molecule has 0 saturated heterocycles. The minimum absolute atomic E-state index is 0.0224. The quantitative estimate of drug-likeness (QED) is 0.418. The van der Waals surface area contributed by atoms with Crippen LogP contribution in [0.15, 0.2) is 0 Å². The van der Waals surface area contributed by atoms with Crippen molar-refractivity contribution in [3.63, 3.8) is 0 Å². The van der Waals surface area contributed by atoms with Crippen LogP contribution in [0.4, 0.5) is 0 Å². The maximum atomic E-state index is 5.97. The Morgan fingerprint density at radius 1 is 0.667 bits per heavy atom. The van der Waals surface area contributed by atoms with Crippen molar-refractivity contribution in [1.29, 1.82) is 0 Å². The second-order valence-electron chi connectivity index (χ2n) is 2.89. The largest absolute Gasteiger partial charge is 0.334 e. The second kappa shape index (κ2) is 7.48. The molecule has 102 valence electrons. The predicted octanol–water partition coefficient (Wildman–Crippen LogP) is 4.96. The number of rotatable bonds is 6. The van der Waals surface area contributed by atoms with Crippen molar-refractivity contribution in [3.05, 3.63) is 20.1 Å². The minimum atomic E-state index is 0.0224. The van der Waals surface area contributed by atoms with E-state index < -0.39 is 0 Å². The van der Waals surface area contributed by atoms with E-state index in [4.69, 9.17) is 66.0 Å². The highest BCUT2D eigenvalue weighted by Gasteiger charge is 2.24. The van der Waals surface area contributed by atoms with E-state index in [1.807, 2.05) is 0 Å². The summed E-state index contributed by atoms with van der Waals surface area (Å²) in [6, 6.07) is 0. The summed E-state index contributed by atoms with van der Waals surface area (Å²) in [7, 11) is 0. The summed E-state index contributed by atoms with van der Waals surface area (Å²) in [6.07, 6.45) is 0. The van der Waals surface area contributed by atoms with Gasteiger partial charge in [-0.15, -0.1) is 0 Å². The third-order valence-electron chi connectivity index (χ3n) is 1.70. The van der Waals surface area contributed by atoms with Gasteiger partial charge in [0.15, 0.2) is 0 Å². The molecule has 0 spiro atoms. The average molecular weight is 336 g/mol. The Balaban J connectivity index is 3.18. The fourth-order valence-corrected chi connectivity index (χ4v) is 1.92. The third kappa shape index (κ3) is 3.47. The normalized spacial score (nSPS) is 10.6. The van der Waals surface area contributed by atoms with Gasteiger partial charge in [-0.3, -0.25) is 0 Å². The van der Waals surface area contributed by atoms with Crippen LogP contribution in [0.1, 0.15) is 13.8 Å². The molecular formula is C10H10Cl4O4. The van der Waals surface area contributed by atoms with Crippen molar-refractivity contribution in [1.82, 2.24) is 0 Å². The van der Waals surface area contributed by atoms with Gasteiger partial charge in [0, 0.05) is 0 Å². The zero-order valence-corrected chi connectivity index (χ0v) is 12.6. The van der Waals surface area contributed by atoms with Gasteiger partial charge in [0.05, 0.1) is 13.2 Å². The van der Waals surface area contributed by atoms with Gasteiger partial charge < -0.3 is 9.78 Å². The Morgan fingerprint density at radius 2 is 0.944 bits per heavy atom. The molecule has 0 bridgehead atoms. The lowest BCUT2D eigenvalue weighted by Gasteiger charge is -2.13. The van der Waals surface area contributed by atoms with Gasteiger partial charge in [-0.05, 0) is 13.8 Å². The zero-order chi connectivity index (χ0) is 13.7.